The van der Waals surface area contributed by atoms with Crippen LogP contribution in [0.2, 0.25) is 0 Å². The van der Waals surface area contributed by atoms with Gasteiger partial charge in [0.1, 0.15) is 12.1 Å². The number of fused-ring (bicyclic) bond motifs is 1. The monoisotopic (exact) mass is 434 g/mol. The highest BCUT2D eigenvalue weighted by molar-refractivity contribution is 5.82. The van der Waals surface area contributed by atoms with Crippen LogP contribution in [0.4, 0.5) is 5.82 Å². The number of ether oxygens (including phenoxy) is 2. The number of aryl methyl sites for hydroxylation is 1. The van der Waals surface area contributed by atoms with Crippen LogP contribution in [0.15, 0.2) is 30.7 Å². The van der Waals surface area contributed by atoms with E-state index in [4.69, 9.17) is 14.6 Å². The number of hydrogen-bond acceptors (Lipinski definition) is 7. The van der Waals surface area contributed by atoms with E-state index in [0.29, 0.717) is 12.0 Å². The van der Waals surface area contributed by atoms with Crippen LogP contribution in [0.3, 0.4) is 0 Å². The van der Waals surface area contributed by atoms with Gasteiger partial charge in [-0.25, -0.2) is 14.6 Å². The molecule has 0 N–H and O–H groups in total. The zero-order chi connectivity index (χ0) is 21.5. The molecule has 6 rings (SSSR count). The van der Waals surface area contributed by atoms with Crippen molar-refractivity contribution >= 4 is 16.7 Å². The first-order valence-electron chi connectivity index (χ1n) is 11.7. The number of likely N-dealkylation sites (tertiary alicyclic amines) is 1. The largest absolute Gasteiger partial charge is 0.378 e. The highest BCUT2D eigenvalue weighted by atomic mass is 16.5. The lowest BCUT2D eigenvalue weighted by molar-refractivity contribution is -0.0712. The fraction of sp³-hybridized carbons (Fsp3) is 0.542. The lowest BCUT2D eigenvalue weighted by Gasteiger charge is -2.41. The zero-order valence-corrected chi connectivity index (χ0v) is 18.6. The maximum absolute atomic E-state index is 5.48. The predicted octanol–water partition coefficient (Wildman–Crippen LogP) is 2.54. The first-order valence-corrected chi connectivity index (χ1v) is 11.7. The molecule has 0 bridgehead atoms. The Kier molecular flexibility index (Phi) is 5.29. The first kappa shape index (κ1) is 20.1. The molecule has 3 aromatic rings. The molecule has 3 fully saturated rings. The van der Waals surface area contributed by atoms with Gasteiger partial charge in [-0.1, -0.05) is 0 Å². The Morgan fingerprint density at radius 2 is 1.69 bits per heavy atom. The van der Waals surface area contributed by atoms with Crippen molar-refractivity contribution in [2.45, 2.75) is 31.7 Å². The van der Waals surface area contributed by atoms with Crippen LogP contribution in [0.25, 0.3) is 16.7 Å². The van der Waals surface area contributed by atoms with Crippen molar-refractivity contribution in [2.75, 3.05) is 57.5 Å². The summed E-state index contributed by atoms with van der Waals surface area (Å²) in [5.41, 5.74) is 3.93. The molecule has 32 heavy (non-hydrogen) atoms. The second-order valence-corrected chi connectivity index (χ2v) is 9.16. The van der Waals surface area contributed by atoms with Gasteiger partial charge in [0.25, 0.3) is 0 Å². The fourth-order valence-corrected chi connectivity index (χ4v) is 5.25. The summed E-state index contributed by atoms with van der Waals surface area (Å²) in [6.45, 7) is 9.53. The van der Waals surface area contributed by atoms with Gasteiger partial charge < -0.3 is 14.4 Å². The first-order chi connectivity index (χ1) is 15.8. The van der Waals surface area contributed by atoms with Crippen LogP contribution in [0.5, 0.6) is 0 Å². The molecule has 2 aromatic heterocycles. The van der Waals surface area contributed by atoms with Gasteiger partial charge in [-0.05, 0) is 62.0 Å². The van der Waals surface area contributed by atoms with Crippen molar-refractivity contribution in [3.63, 3.8) is 0 Å². The topological polar surface area (TPSA) is 68.5 Å². The number of piperidine rings is 1. The standard InChI is InChI=1S/C24H30N6O2/c1-17-10-19-13-27-30(24-12-23(25-16-26-24)29-6-8-31-9-7-29)22(19)11-21(17)18-2-4-28(5-3-18)20-14-32-15-20/h10-13,16,18,20H,2-9,14-15H2,1H3. The summed E-state index contributed by atoms with van der Waals surface area (Å²) in [6.07, 6.45) is 5.99. The minimum Gasteiger partial charge on any atom is -0.378 e. The van der Waals surface area contributed by atoms with Crippen molar-refractivity contribution in [2.24, 2.45) is 0 Å². The molecule has 5 heterocycles. The summed E-state index contributed by atoms with van der Waals surface area (Å²) < 4.78 is 12.8. The molecule has 0 atom stereocenters. The molecule has 0 unspecified atom stereocenters. The van der Waals surface area contributed by atoms with Crippen LogP contribution in [0.1, 0.15) is 29.9 Å². The highest BCUT2D eigenvalue weighted by Gasteiger charge is 2.30. The van der Waals surface area contributed by atoms with Crippen molar-refractivity contribution in [1.82, 2.24) is 24.6 Å². The van der Waals surface area contributed by atoms with Crippen LogP contribution >= 0.6 is 0 Å². The Morgan fingerprint density at radius 3 is 2.44 bits per heavy atom. The molecule has 0 saturated carbocycles. The van der Waals surface area contributed by atoms with Gasteiger partial charge in [0.15, 0.2) is 5.82 Å². The van der Waals surface area contributed by atoms with Gasteiger partial charge in [-0.2, -0.15) is 5.10 Å². The molecule has 0 radical (unpaired) electrons. The highest BCUT2D eigenvalue weighted by Crippen LogP contribution is 2.34. The quantitative estimate of drug-likeness (QED) is 0.625. The van der Waals surface area contributed by atoms with Gasteiger partial charge in [-0.3, -0.25) is 4.90 Å². The van der Waals surface area contributed by atoms with E-state index in [1.807, 2.05) is 16.9 Å². The minimum atomic E-state index is 0.592. The molecule has 168 valence electrons. The lowest BCUT2D eigenvalue weighted by Crippen LogP contribution is -2.51. The molecule has 0 amide bonds. The van der Waals surface area contributed by atoms with Crippen molar-refractivity contribution < 1.29 is 9.47 Å². The smallest absolute Gasteiger partial charge is 0.159 e. The van der Waals surface area contributed by atoms with Crippen LogP contribution in [0, 0.1) is 6.92 Å². The van der Waals surface area contributed by atoms with E-state index >= 15 is 0 Å². The summed E-state index contributed by atoms with van der Waals surface area (Å²) in [7, 11) is 0. The maximum Gasteiger partial charge on any atom is 0.159 e. The van der Waals surface area contributed by atoms with E-state index < -0.39 is 0 Å². The third-order valence-electron chi connectivity index (χ3n) is 7.25. The third kappa shape index (κ3) is 3.66. The van der Waals surface area contributed by atoms with E-state index in [-0.39, 0.29) is 0 Å². The summed E-state index contributed by atoms with van der Waals surface area (Å²) >= 11 is 0. The summed E-state index contributed by atoms with van der Waals surface area (Å²) in [4.78, 5) is 13.9. The van der Waals surface area contributed by atoms with E-state index in [0.717, 1.165) is 75.1 Å². The average Bonchev–Trinajstić information content (AvgIpc) is 3.21. The average molecular weight is 435 g/mol. The SMILES string of the molecule is Cc1cc2cnn(-c3cc(N4CCOCC4)ncn3)c2cc1C1CCN(C2COC2)CC1. The molecule has 1 aromatic carbocycles. The van der Waals surface area contributed by atoms with Crippen LogP contribution in [-0.4, -0.2) is 83.3 Å². The molecular weight excluding hydrogens is 404 g/mol. The fourth-order valence-electron chi connectivity index (χ4n) is 5.25. The maximum atomic E-state index is 5.48. The van der Waals surface area contributed by atoms with E-state index in [1.165, 1.54) is 24.0 Å². The van der Waals surface area contributed by atoms with Crippen molar-refractivity contribution in [3.05, 3.63) is 41.9 Å². The second-order valence-electron chi connectivity index (χ2n) is 9.16. The van der Waals surface area contributed by atoms with Crippen molar-refractivity contribution in [1.29, 1.82) is 0 Å². The minimum absolute atomic E-state index is 0.592. The van der Waals surface area contributed by atoms with Crippen molar-refractivity contribution in [3.8, 4) is 5.82 Å². The number of rotatable bonds is 4. The van der Waals surface area contributed by atoms with Gasteiger partial charge in [-0.15, -0.1) is 0 Å². The Morgan fingerprint density at radius 1 is 0.906 bits per heavy atom. The summed E-state index contributed by atoms with van der Waals surface area (Å²) in [5, 5.41) is 5.85. The number of anilines is 1. The van der Waals surface area contributed by atoms with Crippen LogP contribution < -0.4 is 4.90 Å². The normalized spacial score (nSPS) is 21.2. The Labute approximate surface area is 188 Å². The van der Waals surface area contributed by atoms with Gasteiger partial charge in [0.2, 0.25) is 0 Å². The summed E-state index contributed by atoms with van der Waals surface area (Å²) in [5.74, 6) is 2.34. The van der Waals surface area contributed by atoms with E-state index in [2.05, 4.69) is 38.8 Å². The zero-order valence-electron chi connectivity index (χ0n) is 18.6. The molecule has 3 aliphatic heterocycles. The molecule has 0 aliphatic carbocycles. The number of hydrogen-bond donors (Lipinski definition) is 0. The molecule has 3 aliphatic rings. The molecule has 3 saturated heterocycles. The molecule has 0 spiro atoms. The number of benzene rings is 1. The molecule has 8 heteroatoms. The van der Waals surface area contributed by atoms with E-state index in [9.17, 15) is 0 Å². The summed E-state index contributed by atoms with van der Waals surface area (Å²) in [6, 6.07) is 7.31. The van der Waals surface area contributed by atoms with Gasteiger partial charge in [0.05, 0.1) is 44.2 Å². The Hall–Kier alpha value is -2.55. The Bertz CT molecular complexity index is 1100. The second kappa shape index (κ2) is 8.42. The lowest BCUT2D eigenvalue weighted by atomic mass is 9.85. The Balaban J connectivity index is 1.29. The molecular formula is C24H30N6O2. The number of aromatic nitrogens is 4. The third-order valence-corrected chi connectivity index (χ3v) is 7.25. The van der Waals surface area contributed by atoms with Crippen LogP contribution in [-0.2, 0) is 9.47 Å². The van der Waals surface area contributed by atoms with E-state index in [1.54, 1.807) is 6.33 Å². The molecule has 8 nitrogen and oxygen atoms in total. The number of morpholine rings is 1. The number of nitrogens with zero attached hydrogens (tertiary/aromatic N) is 6. The predicted molar refractivity (Wildman–Crippen MR) is 123 cm³/mol. The van der Waals surface area contributed by atoms with Gasteiger partial charge >= 0.3 is 0 Å². The van der Waals surface area contributed by atoms with Gasteiger partial charge in [0, 0.05) is 24.5 Å².